The first-order valence-corrected chi connectivity index (χ1v) is 12.8. The minimum atomic E-state index is -3.77. The third kappa shape index (κ3) is 4.45. The van der Waals surface area contributed by atoms with Crippen molar-refractivity contribution in [3.8, 4) is 10.7 Å². The molecule has 0 bridgehead atoms. The molecular formula is C21H23ClN4O4S2. The Bertz CT molecular complexity index is 1270. The molecule has 1 atom stereocenters. The molecule has 4 rings (SSSR count). The number of hydrogen-bond acceptors (Lipinski definition) is 7. The number of rotatable bonds is 5. The second kappa shape index (κ2) is 8.93. The monoisotopic (exact) mass is 494 g/mol. The van der Waals surface area contributed by atoms with E-state index in [9.17, 15) is 13.2 Å². The van der Waals surface area contributed by atoms with Gasteiger partial charge in [-0.1, -0.05) is 22.8 Å². The number of sulfonamides is 1. The van der Waals surface area contributed by atoms with Crippen LogP contribution in [0.25, 0.3) is 10.7 Å². The number of aryl methyl sites for hydroxylation is 2. The van der Waals surface area contributed by atoms with Crippen LogP contribution >= 0.6 is 22.9 Å². The Kier molecular flexibility index (Phi) is 6.39. The van der Waals surface area contributed by atoms with Gasteiger partial charge in [0.1, 0.15) is 0 Å². The van der Waals surface area contributed by atoms with Gasteiger partial charge in [0.25, 0.3) is 0 Å². The van der Waals surface area contributed by atoms with Crippen LogP contribution in [0.1, 0.15) is 29.2 Å². The van der Waals surface area contributed by atoms with Gasteiger partial charge in [-0.3, -0.25) is 4.79 Å². The van der Waals surface area contributed by atoms with Crippen LogP contribution in [-0.2, 0) is 14.8 Å². The summed E-state index contributed by atoms with van der Waals surface area (Å²) in [6.45, 7) is 5.76. The number of nitrogens with one attached hydrogen (secondary N) is 1. The van der Waals surface area contributed by atoms with Gasteiger partial charge in [0, 0.05) is 35.6 Å². The Morgan fingerprint density at radius 1 is 1.31 bits per heavy atom. The van der Waals surface area contributed by atoms with E-state index in [1.165, 1.54) is 15.6 Å². The van der Waals surface area contributed by atoms with Gasteiger partial charge < -0.3 is 9.84 Å². The normalized spacial score (nSPS) is 17.4. The number of benzene rings is 1. The molecule has 1 N–H and O–H groups in total. The van der Waals surface area contributed by atoms with Crippen molar-refractivity contribution in [3.05, 3.63) is 45.6 Å². The number of amides is 1. The minimum absolute atomic E-state index is 0.125. The molecule has 3 heterocycles. The maximum absolute atomic E-state index is 13.4. The van der Waals surface area contributed by atoms with Crippen molar-refractivity contribution < 1.29 is 17.7 Å². The van der Waals surface area contributed by atoms with Gasteiger partial charge >= 0.3 is 0 Å². The van der Waals surface area contributed by atoms with Crippen LogP contribution in [-0.4, -0.2) is 41.9 Å². The lowest BCUT2D eigenvalue weighted by Crippen LogP contribution is -2.43. The molecule has 11 heteroatoms. The number of carbonyl (C=O) groups excluding carboxylic acids is 1. The first kappa shape index (κ1) is 22.9. The molecule has 0 spiro atoms. The number of thiophene rings is 1. The number of nitrogens with zero attached hydrogens (tertiary/aromatic N) is 3. The molecule has 8 nitrogen and oxygen atoms in total. The van der Waals surface area contributed by atoms with Gasteiger partial charge in [-0.2, -0.15) is 9.29 Å². The van der Waals surface area contributed by atoms with Gasteiger partial charge in [0.05, 0.1) is 15.7 Å². The SMILES string of the molecule is Cc1nc(-c2cc(S(=O)(=O)N3CCCC(C(=O)Nc4cccc(Cl)c4C)C3)c(C)s2)no1. The lowest BCUT2D eigenvalue weighted by molar-refractivity contribution is -0.120. The summed E-state index contributed by atoms with van der Waals surface area (Å²) >= 11 is 7.44. The molecule has 1 aliphatic heterocycles. The summed E-state index contributed by atoms with van der Waals surface area (Å²) in [4.78, 5) is 18.6. The summed E-state index contributed by atoms with van der Waals surface area (Å²) in [6.07, 6.45) is 1.22. The summed E-state index contributed by atoms with van der Waals surface area (Å²) < 4.78 is 33.2. The van der Waals surface area contributed by atoms with Crippen LogP contribution in [0.5, 0.6) is 0 Å². The van der Waals surface area contributed by atoms with Crippen molar-refractivity contribution in [3.63, 3.8) is 0 Å². The number of anilines is 1. The molecule has 32 heavy (non-hydrogen) atoms. The summed E-state index contributed by atoms with van der Waals surface area (Å²) in [5.74, 6) is 0.121. The van der Waals surface area contributed by atoms with E-state index in [0.29, 0.717) is 51.6 Å². The first-order valence-electron chi connectivity index (χ1n) is 10.1. The third-order valence-corrected chi connectivity index (χ3v) is 9.09. The van der Waals surface area contributed by atoms with Gasteiger partial charge in [0.15, 0.2) is 0 Å². The zero-order chi connectivity index (χ0) is 23.0. The second-order valence-corrected chi connectivity index (χ2v) is 11.3. The summed E-state index contributed by atoms with van der Waals surface area (Å²) in [5, 5.41) is 7.34. The highest BCUT2D eigenvalue weighted by molar-refractivity contribution is 7.89. The van der Waals surface area contributed by atoms with Gasteiger partial charge in [0.2, 0.25) is 27.6 Å². The van der Waals surface area contributed by atoms with Crippen LogP contribution in [0, 0.1) is 26.7 Å². The Morgan fingerprint density at radius 3 is 2.81 bits per heavy atom. The maximum atomic E-state index is 13.4. The van der Waals surface area contributed by atoms with E-state index in [2.05, 4.69) is 15.5 Å². The fraction of sp³-hybridized carbons (Fsp3) is 0.381. The molecule has 1 unspecified atom stereocenters. The number of piperidine rings is 1. The Morgan fingerprint density at radius 2 is 2.09 bits per heavy atom. The number of aromatic nitrogens is 2. The standard InChI is InChI=1S/C21H23ClN4O4S2/c1-12-16(22)7-4-8-17(12)24-21(27)15-6-5-9-26(11-15)32(28,29)19-10-18(31-13(19)2)20-23-14(3)30-25-20/h4,7-8,10,15H,5-6,9,11H2,1-3H3,(H,24,27). The zero-order valence-corrected chi connectivity index (χ0v) is 20.3. The zero-order valence-electron chi connectivity index (χ0n) is 17.9. The fourth-order valence-electron chi connectivity index (χ4n) is 3.72. The van der Waals surface area contributed by atoms with Gasteiger partial charge in [-0.25, -0.2) is 8.42 Å². The van der Waals surface area contributed by atoms with Crippen LogP contribution < -0.4 is 5.32 Å². The average Bonchev–Trinajstić information content (AvgIpc) is 3.37. The Hall–Kier alpha value is -2.27. The minimum Gasteiger partial charge on any atom is -0.339 e. The lowest BCUT2D eigenvalue weighted by atomic mass is 9.98. The number of hydrogen-bond donors (Lipinski definition) is 1. The van der Waals surface area contributed by atoms with E-state index in [4.69, 9.17) is 16.1 Å². The largest absolute Gasteiger partial charge is 0.339 e. The van der Waals surface area contributed by atoms with E-state index >= 15 is 0 Å². The summed E-state index contributed by atoms with van der Waals surface area (Å²) in [5.41, 5.74) is 1.41. The molecule has 1 saturated heterocycles. The van der Waals surface area contributed by atoms with E-state index in [1.807, 2.05) is 6.92 Å². The first-order chi connectivity index (χ1) is 15.2. The molecule has 0 aliphatic carbocycles. The quantitative estimate of drug-likeness (QED) is 0.563. The Labute approximate surface area is 195 Å². The predicted octanol–water partition coefficient (Wildman–Crippen LogP) is 4.42. The summed E-state index contributed by atoms with van der Waals surface area (Å²) in [7, 11) is -3.77. The number of carbonyl (C=O) groups is 1. The van der Waals surface area contributed by atoms with E-state index in [-0.39, 0.29) is 17.3 Å². The molecule has 0 radical (unpaired) electrons. The van der Waals surface area contributed by atoms with Crippen molar-refractivity contribution >= 4 is 44.6 Å². The van der Waals surface area contributed by atoms with Crippen LogP contribution in [0.4, 0.5) is 5.69 Å². The highest BCUT2D eigenvalue weighted by Gasteiger charge is 2.35. The predicted molar refractivity (Wildman–Crippen MR) is 123 cm³/mol. The highest BCUT2D eigenvalue weighted by atomic mass is 35.5. The van der Waals surface area contributed by atoms with Crippen LogP contribution in [0.2, 0.25) is 5.02 Å². The Balaban J connectivity index is 1.53. The van der Waals surface area contributed by atoms with E-state index < -0.39 is 15.9 Å². The maximum Gasteiger partial charge on any atom is 0.244 e. The molecule has 1 amide bonds. The van der Waals surface area contributed by atoms with E-state index in [1.54, 1.807) is 38.1 Å². The van der Waals surface area contributed by atoms with E-state index in [0.717, 1.165) is 5.56 Å². The smallest absolute Gasteiger partial charge is 0.244 e. The molecule has 1 aliphatic rings. The average molecular weight is 495 g/mol. The van der Waals surface area contributed by atoms with Crippen molar-refractivity contribution in [2.24, 2.45) is 5.92 Å². The van der Waals surface area contributed by atoms with Crippen LogP contribution in [0.3, 0.4) is 0 Å². The van der Waals surface area contributed by atoms with Gasteiger partial charge in [-0.15, -0.1) is 11.3 Å². The molecule has 1 aromatic carbocycles. The molecule has 1 fully saturated rings. The molecule has 170 valence electrons. The number of halogens is 1. The molecule has 3 aromatic rings. The fourth-order valence-corrected chi connectivity index (χ4v) is 6.91. The second-order valence-electron chi connectivity index (χ2n) is 7.77. The van der Waals surface area contributed by atoms with Crippen molar-refractivity contribution in [1.82, 2.24) is 14.4 Å². The summed E-state index contributed by atoms with van der Waals surface area (Å²) in [6, 6.07) is 6.89. The molecule has 0 saturated carbocycles. The lowest BCUT2D eigenvalue weighted by Gasteiger charge is -2.31. The molecule has 2 aromatic heterocycles. The molecular weight excluding hydrogens is 472 g/mol. The highest BCUT2D eigenvalue weighted by Crippen LogP contribution is 2.35. The van der Waals surface area contributed by atoms with Crippen molar-refractivity contribution in [2.75, 3.05) is 18.4 Å². The van der Waals surface area contributed by atoms with Crippen LogP contribution in [0.15, 0.2) is 33.7 Å². The van der Waals surface area contributed by atoms with Gasteiger partial charge in [-0.05, 0) is 50.5 Å². The van der Waals surface area contributed by atoms with Crippen molar-refractivity contribution in [1.29, 1.82) is 0 Å². The third-order valence-electron chi connectivity index (χ3n) is 5.52. The topological polar surface area (TPSA) is 105 Å². The van der Waals surface area contributed by atoms with Crippen molar-refractivity contribution in [2.45, 2.75) is 38.5 Å².